The van der Waals surface area contributed by atoms with E-state index < -0.39 is 5.38 Å². The highest BCUT2D eigenvalue weighted by molar-refractivity contribution is 6.34. The van der Waals surface area contributed by atoms with Crippen molar-refractivity contribution in [1.82, 2.24) is 0 Å². The predicted octanol–water partition coefficient (Wildman–Crippen LogP) is 2.86. The van der Waals surface area contributed by atoms with Crippen LogP contribution in [0.5, 0.6) is 5.75 Å². The second-order valence-corrected chi connectivity index (χ2v) is 3.73. The number of ketones is 1. The zero-order valence-corrected chi connectivity index (χ0v) is 8.43. The van der Waals surface area contributed by atoms with E-state index >= 15 is 0 Å². The number of alkyl halides is 1. The van der Waals surface area contributed by atoms with E-state index in [0.717, 1.165) is 0 Å². The van der Waals surface area contributed by atoms with Crippen LogP contribution < -0.4 is 0 Å². The molecule has 1 aromatic rings. The number of benzene rings is 1. The lowest BCUT2D eigenvalue weighted by atomic mass is 10.1. The molecule has 1 aromatic carbocycles. The molecule has 2 nitrogen and oxygen atoms in total. The molecule has 0 aromatic heterocycles. The van der Waals surface area contributed by atoms with Crippen molar-refractivity contribution in [2.24, 2.45) is 0 Å². The first-order valence-electron chi connectivity index (χ1n) is 3.69. The van der Waals surface area contributed by atoms with Crippen LogP contribution in [0.3, 0.4) is 0 Å². The maximum atomic E-state index is 11.3. The molecule has 0 aliphatic heterocycles. The zero-order valence-electron chi connectivity index (χ0n) is 6.92. The molecular formula is C9H8Cl2O2. The summed E-state index contributed by atoms with van der Waals surface area (Å²) in [7, 11) is 0. The molecular weight excluding hydrogens is 211 g/mol. The van der Waals surface area contributed by atoms with E-state index in [0.29, 0.717) is 5.02 Å². The highest BCUT2D eigenvalue weighted by atomic mass is 35.5. The molecule has 0 fully saturated rings. The van der Waals surface area contributed by atoms with E-state index in [1.807, 2.05) is 0 Å². The Bertz CT molecular complexity index is 334. The van der Waals surface area contributed by atoms with Crippen LogP contribution in [0.4, 0.5) is 0 Å². The third-order valence-electron chi connectivity index (χ3n) is 1.59. The monoisotopic (exact) mass is 218 g/mol. The van der Waals surface area contributed by atoms with E-state index in [2.05, 4.69) is 0 Å². The van der Waals surface area contributed by atoms with Crippen molar-refractivity contribution in [1.29, 1.82) is 0 Å². The van der Waals surface area contributed by atoms with Gasteiger partial charge >= 0.3 is 0 Å². The van der Waals surface area contributed by atoms with Crippen molar-refractivity contribution in [3.63, 3.8) is 0 Å². The summed E-state index contributed by atoms with van der Waals surface area (Å²) in [4.78, 5) is 11.3. The minimum Gasteiger partial charge on any atom is -0.507 e. The molecule has 0 amide bonds. The van der Waals surface area contributed by atoms with Crippen molar-refractivity contribution in [3.8, 4) is 5.75 Å². The third-order valence-corrected chi connectivity index (χ3v) is 2.02. The summed E-state index contributed by atoms with van der Waals surface area (Å²) in [5.41, 5.74) is 0.201. The minimum absolute atomic E-state index is 0.134. The van der Waals surface area contributed by atoms with Crippen molar-refractivity contribution in [2.75, 3.05) is 0 Å². The van der Waals surface area contributed by atoms with Gasteiger partial charge in [0.2, 0.25) is 0 Å². The summed E-state index contributed by atoms with van der Waals surface area (Å²) in [6.45, 7) is 1.55. The fraction of sp³-hybridized carbons (Fsp3) is 0.222. The van der Waals surface area contributed by atoms with Crippen LogP contribution in [0.2, 0.25) is 5.02 Å². The summed E-state index contributed by atoms with van der Waals surface area (Å²) in [6, 6.07) is 4.31. The molecule has 1 N–H and O–H groups in total. The number of phenols is 1. The normalized spacial score (nSPS) is 12.5. The molecule has 0 radical (unpaired) electrons. The molecule has 0 aliphatic carbocycles. The van der Waals surface area contributed by atoms with E-state index in [1.165, 1.54) is 18.2 Å². The van der Waals surface area contributed by atoms with Gasteiger partial charge in [0.15, 0.2) is 5.78 Å². The standard InChI is InChI=1S/C9H8Cl2O2/c1-5(10)9(13)7-3-2-6(11)4-8(7)12/h2-5,12H,1H3. The highest BCUT2D eigenvalue weighted by Crippen LogP contribution is 2.23. The summed E-state index contributed by atoms with van der Waals surface area (Å²) in [5.74, 6) is -0.444. The largest absolute Gasteiger partial charge is 0.507 e. The molecule has 1 unspecified atom stereocenters. The molecule has 70 valence electrons. The minimum atomic E-state index is -0.646. The van der Waals surface area contributed by atoms with Crippen LogP contribution >= 0.6 is 23.2 Å². The quantitative estimate of drug-likeness (QED) is 0.613. The van der Waals surface area contributed by atoms with E-state index in [9.17, 15) is 9.90 Å². The lowest BCUT2D eigenvalue weighted by Gasteiger charge is -2.04. The Balaban J connectivity index is 3.09. The van der Waals surface area contributed by atoms with Gasteiger partial charge in [0.1, 0.15) is 5.75 Å². The van der Waals surface area contributed by atoms with Crippen LogP contribution in [-0.4, -0.2) is 16.3 Å². The number of phenolic OH excluding ortho intramolecular Hbond substituents is 1. The number of aromatic hydroxyl groups is 1. The number of halogens is 2. The lowest BCUT2D eigenvalue weighted by molar-refractivity contribution is 0.0989. The van der Waals surface area contributed by atoms with Crippen molar-refractivity contribution >= 4 is 29.0 Å². The van der Waals surface area contributed by atoms with Gasteiger partial charge < -0.3 is 5.11 Å². The Morgan fingerprint density at radius 2 is 2.15 bits per heavy atom. The van der Waals surface area contributed by atoms with Gasteiger partial charge in [-0.15, -0.1) is 11.6 Å². The zero-order chi connectivity index (χ0) is 10.0. The number of rotatable bonds is 2. The highest BCUT2D eigenvalue weighted by Gasteiger charge is 2.15. The van der Waals surface area contributed by atoms with Gasteiger partial charge in [-0.2, -0.15) is 0 Å². The van der Waals surface area contributed by atoms with Crippen LogP contribution in [-0.2, 0) is 0 Å². The van der Waals surface area contributed by atoms with Gasteiger partial charge in [-0.25, -0.2) is 0 Å². The topological polar surface area (TPSA) is 37.3 Å². The van der Waals surface area contributed by atoms with Gasteiger partial charge in [0.05, 0.1) is 10.9 Å². The molecule has 0 aliphatic rings. The van der Waals surface area contributed by atoms with E-state index in [-0.39, 0.29) is 17.1 Å². The van der Waals surface area contributed by atoms with Crippen molar-refractivity contribution in [3.05, 3.63) is 28.8 Å². The Morgan fingerprint density at radius 1 is 1.54 bits per heavy atom. The summed E-state index contributed by atoms with van der Waals surface area (Å²) >= 11 is 11.2. The summed E-state index contributed by atoms with van der Waals surface area (Å²) < 4.78 is 0. The second kappa shape index (κ2) is 3.99. The first-order chi connectivity index (χ1) is 6.02. The van der Waals surface area contributed by atoms with Crippen molar-refractivity contribution in [2.45, 2.75) is 12.3 Å². The Labute approximate surface area is 86.1 Å². The van der Waals surface area contributed by atoms with Gasteiger partial charge in [-0.05, 0) is 25.1 Å². The Hall–Kier alpha value is -0.730. The number of hydrogen-bond acceptors (Lipinski definition) is 2. The molecule has 0 saturated carbocycles. The van der Waals surface area contributed by atoms with Gasteiger partial charge in [-0.1, -0.05) is 11.6 Å². The van der Waals surface area contributed by atoms with Crippen molar-refractivity contribution < 1.29 is 9.90 Å². The number of Topliss-reactive ketones (excluding diaryl/α,β-unsaturated/α-hetero) is 1. The van der Waals surface area contributed by atoms with Gasteiger partial charge in [0, 0.05) is 5.02 Å². The molecule has 0 heterocycles. The van der Waals surface area contributed by atoms with Gasteiger partial charge in [-0.3, -0.25) is 4.79 Å². The Kier molecular flexibility index (Phi) is 3.17. The number of hydrogen-bond donors (Lipinski definition) is 1. The van der Waals surface area contributed by atoms with Crippen LogP contribution in [0.1, 0.15) is 17.3 Å². The van der Waals surface area contributed by atoms with Gasteiger partial charge in [0.25, 0.3) is 0 Å². The molecule has 0 saturated heterocycles. The second-order valence-electron chi connectivity index (χ2n) is 2.64. The smallest absolute Gasteiger partial charge is 0.184 e. The third kappa shape index (κ3) is 2.36. The first kappa shape index (κ1) is 10.4. The fourth-order valence-electron chi connectivity index (χ4n) is 0.927. The fourth-order valence-corrected chi connectivity index (χ4v) is 1.21. The summed E-state index contributed by atoms with van der Waals surface area (Å²) in [6.07, 6.45) is 0. The molecule has 1 rings (SSSR count). The molecule has 4 heteroatoms. The maximum Gasteiger partial charge on any atom is 0.184 e. The lowest BCUT2D eigenvalue weighted by Crippen LogP contribution is -2.10. The Morgan fingerprint density at radius 3 is 2.62 bits per heavy atom. The average Bonchev–Trinajstić information content (AvgIpc) is 2.03. The van der Waals surface area contributed by atoms with E-state index in [1.54, 1.807) is 6.92 Å². The average molecular weight is 219 g/mol. The molecule has 0 spiro atoms. The molecule has 0 bridgehead atoms. The summed E-state index contributed by atoms with van der Waals surface area (Å²) in [5, 5.41) is 9.09. The number of carbonyl (C=O) groups excluding carboxylic acids is 1. The molecule has 13 heavy (non-hydrogen) atoms. The SMILES string of the molecule is CC(Cl)C(=O)c1ccc(Cl)cc1O. The van der Waals surface area contributed by atoms with Crippen LogP contribution in [0.25, 0.3) is 0 Å². The first-order valence-corrected chi connectivity index (χ1v) is 4.50. The van der Waals surface area contributed by atoms with Crippen LogP contribution in [0.15, 0.2) is 18.2 Å². The maximum absolute atomic E-state index is 11.3. The predicted molar refractivity (Wildman–Crippen MR) is 52.8 cm³/mol. The van der Waals surface area contributed by atoms with E-state index in [4.69, 9.17) is 23.2 Å². The molecule has 1 atom stereocenters. The number of carbonyl (C=O) groups is 1. The van der Waals surface area contributed by atoms with Crippen LogP contribution in [0, 0.1) is 0 Å².